The number of carboxylic acids is 1. The predicted octanol–water partition coefficient (Wildman–Crippen LogP) is 3.59. The molecular weight excluding hydrogens is 329 g/mol. The molecule has 1 aromatic carbocycles. The molecule has 0 spiro atoms. The maximum Gasteiger partial charge on any atom is 0.420 e. The van der Waals surface area contributed by atoms with Crippen molar-refractivity contribution in [2.24, 2.45) is 0 Å². The highest BCUT2D eigenvalue weighted by Gasteiger charge is 2.54. The van der Waals surface area contributed by atoms with E-state index in [1.54, 1.807) is 0 Å². The van der Waals surface area contributed by atoms with E-state index in [1.165, 1.54) is 6.07 Å². The minimum atomic E-state index is -4.60. The summed E-state index contributed by atoms with van der Waals surface area (Å²) in [6.45, 7) is 0. The van der Waals surface area contributed by atoms with E-state index in [-0.39, 0.29) is 10.0 Å². The number of benzene rings is 1. The van der Waals surface area contributed by atoms with Crippen LogP contribution in [0.4, 0.5) is 13.2 Å². The fourth-order valence-corrected chi connectivity index (χ4v) is 2.56. The van der Waals surface area contributed by atoms with E-state index >= 15 is 0 Å². The number of aliphatic carboxylic acids is 1. The average molecular weight is 339 g/mol. The molecule has 7 heteroatoms. The average Bonchev–Trinajstić information content (AvgIpc) is 3.07. The summed E-state index contributed by atoms with van der Waals surface area (Å²) in [6.07, 6.45) is -3.97. The molecule has 104 valence electrons. The molecule has 0 amide bonds. The first-order valence-electron chi connectivity index (χ1n) is 5.41. The SMILES string of the molecule is COc1c(C(F)(F)F)cc(Br)cc1C1(C(=O)O)CC1. The third kappa shape index (κ3) is 2.31. The van der Waals surface area contributed by atoms with Crippen molar-refractivity contribution >= 4 is 21.9 Å². The largest absolute Gasteiger partial charge is 0.496 e. The number of carbonyl (C=O) groups is 1. The molecule has 19 heavy (non-hydrogen) atoms. The highest BCUT2D eigenvalue weighted by molar-refractivity contribution is 9.10. The number of carboxylic acid groups (broad SMARTS) is 1. The van der Waals surface area contributed by atoms with E-state index in [9.17, 15) is 23.1 Å². The summed E-state index contributed by atoms with van der Waals surface area (Å²) in [5.41, 5.74) is -2.15. The van der Waals surface area contributed by atoms with Crippen molar-refractivity contribution in [2.45, 2.75) is 24.4 Å². The summed E-state index contributed by atoms with van der Waals surface area (Å²) in [4.78, 5) is 11.3. The van der Waals surface area contributed by atoms with Gasteiger partial charge in [0.15, 0.2) is 0 Å². The number of hydrogen-bond donors (Lipinski definition) is 1. The maximum absolute atomic E-state index is 13.0. The Kier molecular flexibility index (Phi) is 3.28. The summed E-state index contributed by atoms with van der Waals surface area (Å²) < 4.78 is 43.9. The van der Waals surface area contributed by atoms with E-state index in [1.807, 2.05) is 0 Å². The van der Waals surface area contributed by atoms with Gasteiger partial charge in [0.05, 0.1) is 18.1 Å². The number of ether oxygens (including phenoxy) is 1. The van der Waals surface area contributed by atoms with Gasteiger partial charge in [-0.1, -0.05) is 15.9 Å². The Morgan fingerprint density at radius 3 is 2.37 bits per heavy atom. The van der Waals surface area contributed by atoms with Crippen molar-refractivity contribution in [3.8, 4) is 5.75 Å². The summed E-state index contributed by atoms with van der Waals surface area (Å²) in [5.74, 6) is -1.53. The Balaban J connectivity index is 2.69. The van der Waals surface area contributed by atoms with Gasteiger partial charge in [0, 0.05) is 10.0 Å². The van der Waals surface area contributed by atoms with Crippen molar-refractivity contribution in [3.05, 3.63) is 27.7 Å². The zero-order valence-electron chi connectivity index (χ0n) is 9.84. The quantitative estimate of drug-likeness (QED) is 0.916. The fourth-order valence-electron chi connectivity index (χ4n) is 2.10. The lowest BCUT2D eigenvalue weighted by atomic mass is 9.93. The molecule has 1 saturated carbocycles. The van der Waals surface area contributed by atoms with Crippen LogP contribution in [-0.4, -0.2) is 18.2 Å². The molecule has 0 aliphatic heterocycles. The second-order valence-corrected chi connectivity index (χ2v) is 5.33. The van der Waals surface area contributed by atoms with Gasteiger partial charge in [-0.2, -0.15) is 13.2 Å². The monoisotopic (exact) mass is 338 g/mol. The second-order valence-electron chi connectivity index (χ2n) is 4.42. The van der Waals surface area contributed by atoms with Crippen LogP contribution in [0.25, 0.3) is 0 Å². The van der Waals surface area contributed by atoms with Gasteiger partial charge in [0.1, 0.15) is 5.75 Å². The number of halogens is 4. The van der Waals surface area contributed by atoms with Crippen LogP contribution in [-0.2, 0) is 16.4 Å². The van der Waals surface area contributed by atoms with Crippen LogP contribution in [0.15, 0.2) is 16.6 Å². The Morgan fingerprint density at radius 2 is 2.00 bits per heavy atom. The molecule has 0 heterocycles. The van der Waals surface area contributed by atoms with E-state index in [2.05, 4.69) is 15.9 Å². The normalized spacial score (nSPS) is 17.1. The van der Waals surface area contributed by atoms with Crippen molar-refractivity contribution in [3.63, 3.8) is 0 Å². The molecule has 1 aliphatic carbocycles. The molecule has 0 radical (unpaired) electrons. The van der Waals surface area contributed by atoms with Gasteiger partial charge in [-0.25, -0.2) is 0 Å². The van der Waals surface area contributed by atoms with E-state index in [4.69, 9.17) is 4.74 Å². The fraction of sp³-hybridized carbons (Fsp3) is 0.417. The van der Waals surface area contributed by atoms with Crippen LogP contribution in [0.3, 0.4) is 0 Å². The van der Waals surface area contributed by atoms with Crippen molar-refractivity contribution in [1.82, 2.24) is 0 Å². The lowest BCUT2D eigenvalue weighted by Gasteiger charge is -2.20. The van der Waals surface area contributed by atoms with E-state index in [0.29, 0.717) is 12.8 Å². The van der Waals surface area contributed by atoms with Gasteiger partial charge < -0.3 is 9.84 Å². The lowest BCUT2D eigenvalue weighted by Crippen LogP contribution is -2.22. The lowest BCUT2D eigenvalue weighted by molar-refractivity contribution is -0.141. The Morgan fingerprint density at radius 1 is 1.42 bits per heavy atom. The van der Waals surface area contributed by atoms with Crippen LogP contribution in [0.5, 0.6) is 5.75 Å². The molecule has 0 aromatic heterocycles. The number of alkyl halides is 3. The Hall–Kier alpha value is -1.24. The van der Waals surface area contributed by atoms with Crippen molar-refractivity contribution in [1.29, 1.82) is 0 Å². The van der Waals surface area contributed by atoms with Crippen molar-refractivity contribution < 1.29 is 27.8 Å². The molecule has 0 atom stereocenters. The molecule has 0 saturated heterocycles. The first-order valence-corrected chi connectivity index (χ1v) is 6.20. The van der Waals surface area contributed by atoms with Gasteiger partial charge in [-0.15, -0.1) is 0 Å². The van der Waals surface area contributed by atoms with Crippen molar-refractivity contribution in [2.75, 3.05) is 7.11 Å². The maximum atomic E-state index is 13.0. The summed E-state index contributed by atoms with van der Waals surface area (Å²) >= 11 is 2.99. The molecule has 3 nitrogen and oxygen atoms in total. The van der Waals surface area contributed by atoms with Crippen LogP contribution < -0.4 is 4.74 Å². The highest BCUT2D eigenvalue weighted by atomic mass is 79.9. The zero-order valence-corrected chi connectivity index (χ0v) is 11.4. The number of hydrogen-bond acceptors (Lipinski definition) is 2. The molecule has 1 aliphatic rings. The van der Waals surface area contributed by atoms with E-state index in [0.717, 1.165) is 13.2 Å². The van der Waals surface area contributed by atoms with Crippen LogP contribution in [0, 0.1) is 0 Å². The number of rotatable bonds is 3. The van der Waals surface area contributed by atoms with Gasteiger partial charge in [0.25, 0.3) is 0 Å². The molecule has 1 aromatic rings. The number of methoxy groups -OCH3 is 1. The predicted molar refractivity (Wildman–Crippen MR) is 64.2 cm³/mol. The third-order valence-corrected chi connectivity index (χ3v) is 3.70. The topological polar surface area (TPSA) is 46.5 Å². The minimum Gasteiger partial charge on any atom is -0.496 e. The van der Waals surface area contributed by atoms with Crippen LogP contribution in [0.1, 0.15) is 24.0 Å². The summed E-state index contributed by atoms with van der Waals surface area (Å²) in [7, 11) is 1.11. The molecule has 0 unspecified atom stereocenters. The highest BCUT2D eigenvalue weighted by Crippen LogP contribution is 2.54. The summed E-state index contributed by atoms with van der Waals surface area (Å²) in [6, 6.07) is 2.27. The molecule has 2 rings (SSSR count). The summed E-state index contributed by atoms with van der Waals surface area (Å²) in [5, 5.41) is 9.21. The Labute approximate surface area is 115 Å². The third-order valence-electron chi connectivity index (χ3n) is 3.24. The smallest absolute Gasteiger partial charge is 0.420 e. The van der Waals surface area contributed by atoms with Crippen LogP contribution in [0.2, 0.25) is 0 Å². The minimum absolute atomic E-state index is 0.0733. The van der Waals surface area contributed by atoms with E-state index < -0.39 is 28.9 Å². The van der Waals surface area contributed by atoms with Gasteiger partial charge >= 0.3 is 12.1 Å². The standard InChI is InChI=1S/C12H10BrF3O3/c1-19-9-7(11(2-3-11)10(17)18)4-6(13)5-8(9)12(14,15)16/h4-5H,2-3H2,1H3,(H,17,18). The second kappa shape index (κ2) is 4.40. The van der Waals surface area contributed by atoms with Gasteiger partial charge in [0.2, 0.25) is 0 Å². The Bertz CT molecular complexity index is 536. The molecule has 0 bridgehead atoms. The first-order chi connectivity index (χ1) is 8.72. The zero-order chi connectivity index (χ0) is 14.4. The van der Waals surface area contributed by atoms with Crippen LogP contribution >= 0.6 is 15.9 Å². The molecular formula is C12H10BrF3O3. The molecule has 1 N–H and O–H groups in total. The molecule has 1 fully saturated rings. The first kappa shape index (κ1) is 14.2. The van der Waals surface area contributed by atoms with Gasteiger partial charge in [-0.05, 0) is 25.0 Å². The van der Waals surface area contributed by atoms with Gasteiger partial charge in [-0.3, -0.25) is 4.79 Å².